The van der Waals surface area contributed by atoms with Crippen LogP contribution in [-0.2, 0) is 9.63 Å². The first-order valence-corrected chi connectivity index (χ1v) is 17.0. The Balaban J connectivity index is 1.46. The Morgan fingerprint density at radius 3 is 2.28 bits per heavy atom. The van der Waals surface area contributed by atoms with Crippen molar-refractivity contribution in [2.45, 2.75) is 57.0 Å². The number of carbonyl (C=O) groups excluding carboxylic acids is 2. The zero-order valence-electron chi connectivity index (χ0n) is 27.0. The van der Waals surface area contributed by atoms with E-state index in [0.717, 1.165) is 37.9 Å². The maximum Gasteiger partial charge on any atom is 0.329 e. The van der Waals surface area contributed by atoms with Crippen molar-refractivity contribution in [3.63, 3.8) is 0 Å². The van der Waals surface area contributed by atoms with Crippen molar-refractivity contribution in [2.24, 2.45) is 5.16 Å². The molecule has 0 unspecified atom stereocenters. The van der Waals surface area contributed by atoms with Gasteiger partial charge in [-0.1, -0.05) is 57.6 Å². The second-order valence-corrected chi connectivity index (χ2v) is 14.2. The van der Waals surface area contributed by atoms with Crippen molar-refractivity contribution < 1.29 is 24.3 Å². The van der Waals surface area contributed by atoms with Crippen LogP contribution >= 0.6 is 46.4 Å². The van der Waals surface area contributed by atoms with Gasteiger partial charge in [0, 0.05) is 60.8 Å². The number of piperidine rings is 1. The van der Waals surface area contributed by atoms with Gasteiger partial charge in [-0.05, 0) is 82.0 Å². The van der Waals surface area contributed by atoms with Crippen LogP contribution in [0, 0.1) is 0 Å². The molecule has 14 heteroatoms. The number of aliphatic carboxylic acids is 1. The fourth-order valence-electron chi connectivity index (χ4n) is 6.27. The summed E-state index contributed by atoms with van der Waals surface area (Å²) >= 11 is 25.0. The quantitative estimate of drug-likeness (QED) is 0.186. The Kier molecular flexibility index (Phi) is 12.7. The predicted molar refractivity (Wildman–Crippen MR) is 186 cm³/mol. The Labute approximate surface area is 296 Å². The molecule has 10 nitrogen and oxygen atoms in total. The Morgan fingerprint density at radius 2 is 1.68 bits per heavy atom. The first kappa shape index (κ1) is 37.1. The molecule has 2 aromatic rings. The molecule has 4 rings (SSSR count). The van der Waals surface area contributed by atoms with Crippen LogP contribution in [0.4, 0.5) is 4.79 Å². The van der Waals surface area contributed by atoms with Crippen LogP contribution in [-0.4, -0.2) is 113 Å². The minimum atomic E-state index is -1.27. The third kappa shape index (κ3) is 9.03. The second-order valence-electron chi connectivity index (χ2n) is 12.5. The van der Waals surface area contributed by atoms with Gasteiger partial charge in [0.25, 0.3) is 5.91 Å². The summed E-state index contributed by atoms with van der Waals surface area (Å²) in [6.45, 7) is 6.64. The molecule has 1 atom stereocenters. The highest BCUT2D eigenvalue weighted by Gasteiger charge is 2.43. The molecule has 0 saturated carbocycles. The highest BCUT2D eigenvalue weighted by molar-refractivity contribution is 6.42. The molecule has 2 aromatic carbocycles. The molecular formula is C33H41Cl4N5O5. The molecule has 2 heterocycles. The number of hydrogen-bond donors (Lipinski definition) is 1. The van der Waals surface area contributed by atoms with E-state index in [1.807, 2.05) is 17.0 Å². The van der Waals surface area contributed by atoms with E-state index in [1.54, 1.807) is 50.1 Å². The molecule has 2 aliphatic heterocycles. The lowest BCUT2D eigenvalue weighted by atomic mass is 9.89. The monoisotopic (exact) mass is 727 g/mol. The van der Waals surface area contributed by atoms with Crippen molar-refractivity contribution >= 4 is 70.0 Å². The normalized spacial score (nSPS) is 17.5. The van der Waals surface area contributed by atoms with E-state index in [4.69, 9.17) is 51.2 Å². The highest BCUT2D eigenvalue weighted by Crippen LogP contribution is 2.31. The van der Waals surface area contributed by atoms with E-state index in [0.29, 0.717) is 57.4 Å². The molecule has 1 N–H and O–H groups in total. The molecule has 0 spiro atoms. The summed E-state index contributed by atoms with van der Waals surface area (Å²) in [5.74, 6) is -1.54. The first-order chi connectivity index (χ1) is 22.2. The molecule has 47 heavy (non-hydrogen) atoms. The second kappa shape index (κ2) is 16.1. The van der Waals surface area contributed by atoms with E-state index in [1.165, 1.54) is 12.0 Å². The maximum absolute atomic E-state index is 13.4. The van der Waals surface area contributed by atoms with Gasteiger partial charge in [0.2, 0.25) is 0 Å². The van der Waals surface area contributed by atoms with Crippen LogP contribution in [0.5, 0.6) is 0 Å². The molecular weight excluding hydrogens is 688 g/mol. The molecule has 3 amide bonds. The fraction of sp³-hybridized carbons (Fsp3) is 0.515. The first-order valence-electron chi connectivity index (χ1n) is 15.5. The van der Waals surface area contributed by atoms with E-state index in [9.17, 15) is 19.5 Å². The molecule has 2 saturated heterocycles. The summed E-state index contributed by atoms with van der Waals surface area (Å²) in [4.78, 5) is 51.1. The van der Waals surface area contributed by atoms with Crippen molar-refractivity contribution in [1.82, 2.24) is 19.6 Å². The lowest BCUT2D eigenvalue weighted by Crippen LogP contribution is -2.63. The maximum atomic E-state index is 13.4. The van der Waals surface area contributed by atoms with Crippen LogP contribution in [0.2, 0.25) is 20.1 Å². The van der Waals surface area contributed by atoms with Gasteiger partial charge in [0.05, 0.1) is 22.3 Å². The standard InChI is InChI=1S/C33H41Cl4N5O5/c1-33(2,31(44)45)42-12-5-11-41(32(42)46)25-8-13-40(14-9-25)15-10-26(21-6-7-27(36)28(37)18-21)29(38-47-4)20-39(3)30(43)22-16-23(34)19-24(35)17-22/h6-7,16-19,25-26H,5,8-15,20H2,1-4H3,(H,44,45)/b38-29+/t26-/m1/s1. The highest BCUT2D eigenvalue weighted by atomic mass is 35.5. The molecule has 0 bridgehead atoms. The Morgan fingerprint density at radius 1 is 1.02 bits per heavy atom. The topological polar surface area (TPSA) is 106 Å². The number of nitrogens with zero attached hydrogens (tertiary/aromatic N) is 5. The number of amides is 3. The number of halogens is 4. The average molecular weight is 730 g/mol. The van der Waals surface area contributed by atoms with Gasteiger partial charge in [-0.15, -0.1) is 0 Å². The average Bonchev–Trinajstić information content (AvgIpc) is 3.02. The minimum absolute atomic E-state index is 0.0438. The summed E-state index contributed by atoms with van der Waals surface area (Å²) in [6.07, 6.45) is 2.95. The molecule has 2 fully saturated rings. The summed E-state index contributed by atoms with van der Waals surface area (Å²) < 4.78 is 0. The Bertz CT molecular complexity index is 1480. The summed E-state index contributed by atoms with van der Waals surface area (Å²) in [5, 5.41) is 15.6. The summed E-state index contributed by atoms with van der Waals surface area (Å²) in [7, 11) is 3.15. The van der Waals surface area contributed by atoms with E-state index >= 15 is 0 Å². The van der Waals surface area contributed by atoms with Crippen LogP contribution in [0.15, 0.2) is 41.6 Å². The number of urea groups is 1. The zero-order chi connectivity index (χ0) is 34.5. The van der Waals surface area contributed by atoms with Gasteiger partial charge in [-0.3, -0.25) is 4.79 Å². The number of rotatable bonds is 12. The zero-order valence-corrected chi connectivity index (χ0v) is 30.0. The van der Waals surface area contributed by atoms with E-state index < -0.39 is 11.5 Å². The van der Waals surface area contributed by atoms with Gasteiger partial charge in [-0.2, -0.15) is 0 Å². The van der Waals surface area contributed by atoms with Gasteiger partial charge in [0.15, 0.2) is 0 Å². The molecule has 0 aromatic heterocycles. The minimum Gasteiger partial charge on any atom is -0.480 e. The third-order valence-electron chi connectivity index (χ3n) is 9.00. The number of hydrogen-bond acceptors (Lipinski definition) is 6. The van der Waals surface area contributed by atoms with Crippen molar-refractivity contribution in [3.8, 4) is 0 Å². The number of carbonyl (C=O) groups is 3. The molecule has 0 aliphatic carbocycles. The van der Waals surface area contributed by atoms with Gasteiger partial charge in [0.1, 0.15) is 12.6 Å². The van der Waals surface area contributed by atoms with Crippen molar-refractivity contribution in [3.05, 3.63) is 67.6 Å². The number of likely N-dealkylation sites (tertiary alicyclic amines) is 1. The fourth-order valence-corrected chi connectivity index (χ4v) is 7.10. The molecule has 2 aliphatic rings. The van der Waals surface area contributed by atoms with Crippen molar-refractivity contribution in [2.75, 3.05) is 53.4 Å². The number of carboxylic acids is 1. The SMILES string of the molecule is CO/N=C(\CN(C)C(=O)c1cc(Cl)cc(Cl)c1)[C@H](CCN1CCC(N2CCCN(C(C)(C)C(=O)O)C2=O)CC1)c1ccc(Cl)c(Cl)c1. The lowest BCUT2D eigenvalue weighted by molar-refractivity contribution is -0.148. The Hall–Kier alpha value is -2.76. The van der Waals surface area contributed by atoms with Crippen molar-refractivity contribution in [1.29, 1.82) is 0 Å². The van der Waals surface area contributed by atoms with Gasteiger partial charge in [-0.25, -0.2) is 9.59 Å². The third-order valence-corrected chi connectivity index (χ3v) is 10.2. The van der Waals surface area contributed by atoms with Crippen LogP contribution in [0.25, 0.3) is 0 Å². The number of benzene rings is 2. The predicted octanol–water partition coefficient (Wildman–Crippen LogP) is 7.00. The largest absolute Gasteiger partial charge is 0.480 e. The summed E-state index contributed by atoms with van der Waals surface area (Å²) in [6, 6.07) is 10.0. The summed E-state index contributed by atoms with van der Waals surface area (Å²) in [5.41, 5.74) is 0.608. The lowest BCUT2D eigenvalue weighted by Gasteiger charge is -2.47. The number of carboxylic acid groups (broad SMARTS) is 1. The van der Waals surface area contributed by atoms with Gasteiger partial charge < -0.3 is 29.5 Å². The number of oxime groups is 1. The molecule has 256 valence electrons. The smallest absolute Gasteiger partial charge is 0.329 e. The van der Waals surface area contributed by atoms with E-state index in [-0.39, 0.29) is 30.4 Å². The van der Waals surface area contributed by atoms with Crippen LogP contribution in [0.1, 0.15) is 61.4 Å². The van der Waals surface area contributed by atoms with Crippen LogP contribution in [0.3, 0.4) is 0 Å². The van der Waals surface area contributed by atoms with Gasteiger partial charge >= 0.3 is 12.0 Å². The molecule has 0 radical (unpaired) electrons. The van der Waals surface area contributed by atoms with E-state index in [2.05, 4.69) is 10.1 Å². The van der Waals surface area contributed by atoms with Crippen LogP contribution < -0.4 is 0 Å².